The van der Waals surface area contributed by atoms with Gasteiger partial charge < -0.3 is 21.1 Å². The first-order valence-corrected chi connectivity index (χ1v) is 8.75. The third-order valence-electron chi connectivity index (χ3n) is 3.92. The standard InChI is InChI=1S/C19H25N7O2/c20-10-9-16(13-28-18-8-4-5-11-24-18)26(23)19(25-22)17(21)14-27-12-15-6-2-1-3-7-15/h1-8,11,16-17H,9,12-14,21-23H2/b25-19-/t16-,17-/m1/s1. The van der Waals surface area contributed by atoms with Crippen molar-refractivity contribution in [2.75, 3.05) is 13.2 Å². The summed E-state index contributed by atoms with van der Waals surface area (Å²) in [4.78, 5) is 4.08. The zero-order valence-corrected chi connectivity index (χ0v) is 15.5. The monoisotopic (exact) mass is 383 g/mol. The number of ether oxygens (including phenoxy) is 2. The number of nitriles is 1. The fourth-order valence-electron chi connectivity index (χ4n) is 2.45. The Hall–Kier alpha value is -3.19. The second kappa shape index (κ2) is 11.5. The minimum atomic E-state index is -0.658. The minimum Gasteiger partial charge on any atom is -0.475 e. The summed E-state index contributed by atoms with van der Waals surface area (Å²) in [7, 11) is 0. The number of hydrazone groups is 1. The Balaban J connectivity index is 1.91. The smallest absolute Gasteiger partial charge is 0.213 e. The van der Waals surface area contributed by atoms with E-state index in [1.807, 2.05) is 30.3 Å². The van der Waals surface area contributed by atoms with Crippen LogP contribution in [0.2, 0.25) is 0 Å². The number of hydrazine groups is 1. The van der Waals surface area contributed by atoms with Crippen molar-refractivity contribution >= 4 is 5.84 Å². The highest BCUT2D eigenvalue weighted by Crippen LogP contribution is 2.09. The number of rotatable bonds is 10. The predicted molar refractivity (Wildman–Crippen MR) is 105 cm³/mol. The van der Waals surface area contributed by atoms with E-state index in [9.17, 15) is 0 Å². The highest BCUT2D eigenvalue weighted by Gasteiger charge is 2.25. The summed E-state index contributed by atoms with van der Waals surface area (Å²) >= 11 is 0. The molecule has 0 saturated carbocycles. The molecule has 1 heterocycles. The molecule has 28 heavy (non-hydrogen) atoms. The van der Waals surface area contributed by atoms with Gasteiger partial charge in [0, 0.05) is 12.3 Å². The van der Waals surface area contributed by atoms with E-state index in [0.717, 1.165) is 5.56 Å². The summed E-state index contributed by atoms with van der Waals surface area (Å²) in [6.07, 6.45) is 1.71. The van der Waals surface area contributed by atoms with Gasteiger partial charge in [0.25, 0.3) is 0 Å². The van der Waals surface area contributed by atoms with E-state index in [4.69, 9.17) is 32.2 Å². The number of benzene rings is 1. The van der Waals surface area contributed by atoms with Crippen LogP contribution in [-0.2, 0) is 11.3 Å². The van der Waals surface area contributed by atoms with E-state index in [1.54, 1.807) is 24.4 Å². The summed E-state index contributed by atoms with van der Waals surface area (Å²) in [6, 6.07) is 15.9. The lowest BCUT2D eigenvalue weighted by molar-refractivity contribution is 0.114. The Morgan fingerprint density at radius 1 is 1.18 bits per heavy atom. The van der Waals surface area contributed by atoms with Crippen LogP contribution >= 0.6 is 0 Å². The maximum atomic E-state index is 9.11. The molecule has 1 aromatic carbocycles. The zero-order valence-electron chi connectivity index (χ0n) is 15.5. The van der Waals surface area contributed by atoms with Crippen molar-refractivity contribution in [2.24, 2.45) is 22.5 Å². The van der Waals surface area contributed by atoms with Crippen LogP contribution in [0.5, 0.6) is 5.88 Å². The first-order valence-electron chi connectivity index (χ1n) is 8.75. The van der Waals surface area contributed by atoms with E-state index < -0.39 is 12.1 Å². The lowest BCUT2D eigenvalue weighted by Gasteiger charge is -2.30. The minimum absolute atomic E-state index is 0.0972. The first-order chi connectivity index (χ1) is 13.7. The molecule has 0 aliphatic carbocycles. The van der Waals surface area contributed by atoms with E-state index in [-0.39, 0.29) is 25.5 Å². The molecule has 2 rings (SSSR count). The van der Waals surface area contributed by atoms with Crippen LogP contribution in [0.25, 0.3) is 0 Å². The van der Waals surface area contributed by atoms with Gasteiger partial charge in [-0.3, -0.25) is 5.01 Å². The SMILES string of the molecule is N#CC[C@H](COc1ccccn1)N(N)/C(=N\N)[C@H](N)COCc1ccccc1. The summed E-state index contributed by atoms with van der Waals surface area (Å²) in [6.45, 7) is 0.693. The summed E-state index contributed by atoms with van der Waals surface area (Å²) in [5.74, 6) is 12.3. The van der Waals surface area contributed by atoms with Gasteiger partial charge in [-0.1, -0.05) is 36.4 Å². The van der Waals surface area contributed by atoms with Gasteiger partial charge in [0.15, 0.2) is 5.84 Å². The molecule has 0 amide bonds. The van der Waals surface area contributed by atoms with Crippen LogP contribution in [0.1, 0.15) is 12.0 Å². The lowest BCUT2D eigenvalue weighted by Crippen LogP contribution is -2.56. The second-order valence-electron chi connectivity index (χ2n) is 6.00. The third kappa shape index (κ3) is 6.51. The van der Waals surface area contributed by atoms with Gasteiger partial charge in [-0.25, -0.2) is 10.8 Å². The van der Waals surface area contributed by atoms with Crippen LogP contribution in [0.3, 0.4) is 0 Å². The van der Waals surface area contributed by atoms with E-state index >= 15 is 0 Å². The van der Waals surface area contributed by atoms with Crippen molar-refractivity contribution in [1.29, 1.82) is 5.26 Å². The number of amidine groups is 1. The number of aromatic nitrogens is 1. The van der Waals surface area contributed by atoms with Gasteiger partial charge in [0.2, 0.25) is 5.88 Å². The normalized spacial score (nSPS) is 13.4. The topological polar surface area (TPSA) is 149 Å². The van der Waals surface area contributed by atoms with Crippen LogP contribution in [0.15, 0.2) is 59.8 Å². The third-order valence-corrected chi connectivity index (χ3v) is 3.92. The molecule has 0 aliphatic heterocycles. The van der Waals surface area contributed by atoms with Crippen LogP contribution in [-0.4, -0.2) is 41.1 Å². The van der Waals surface area contributed by atoms with Crippen LogP contribution in [0, 0.1) is 11.3 Å². The average molecular weight is 383 g/mol. The molecule has 0 saturated heterocycles. The Morgan fingerprint density at radius 2 is 1.93 bits per heavy atom. The quantitative estimate of drug-likeness (QED) is 0.235. The molecule has 0 fully saturated rings. The molecule has 0 aliphatic rings. The number of nitrogens with two attached hydrogens (primary N) is 3. The fraction of sp³-hybridized carbons (Fsp3) is 0.316. The van der Waals surface area contributed by atoms with Crippen molar-refractivity contribution in [2.45, 2.75) is 25.1 Å². The zero-order chi connectivity index (χ0) is 20.2. The summed E-state index contributed by atoms with van der Waals surface area (Å²) in [5.41, 5.74) is 7.17. The number of pyridine rings is 1. The van der Waals surface area contributed by atoms with Crippen molar-refractivity contribution in [3.05, 3.63) is 60.3 Å². The van der Waals surface area contributed by atoms with Gasteiger partial charge in [-0.05, 0) is 11.6 Å². The van der Waals surface area contributed by atoms with Crippen molar-refractivity contribution < 1.29 is 9.47 Å². The van der Waals surface area contributed by atoms with Crippen LogP contribution in [0.4, 0.5) is 0 Å². The highest BCUT2D eigenvalue weighted by atomic mass is 16.5. The molecule has 6 N–H and O–H groups in total. The van der Waals surface area contributed by atoms with Crippen molar-refractivity contribution in [3.8, 4) is 11.9 Å². The predicted octanol–water partition coefficient (Wildman–Crippen LogP) is 0.735. The maximum Gasteiger partial charge on any atom is 0.213 e. The molecule has 0 bridgehead atoms. The van der Waals surface area contributed by atoms with Gasteiger partial charge in [-0.15, -0.1) is 0 Å². The highest BCUT2D eigenvalue weighted by molar-refractivity contribution is 5.87. The molecule has 9 heteroatoms. The Morgan fingerprint density at radius 3 is 2.57 bits per heavy atom. The molecular formula is C19H25N7O2. The van der Waals surface area contributed by atoms with Gasteiger partial charge in [0.1, 0.15) is 6.61 Å². The average Bonchev–Trinajstić information content (AvgIpc) is 2.73. The maximum absolute atomic E-state index is 9.11. The molecule has 9 nitrogen and oxygen atoms in total. The molecule has 0 radical (unpaired) electrons. The largest absolute Gasteiger partial charge is 0.475 e. The number of hydrogen-bond donors (Lipinski definition) is 3. The molecule has 0 unspecified atom stereocenters. The Bertz CT molecular complexity index is 765. The van der Waals surface area contributed by atoms with Crippen LogP contribution < -0.4 is 22.2 Å². The summed E-state index contributed by atoms with van der Waals surface area (Å²) < 4.78 is 11.2. The first kappa shape index (κ1) is 21.1. The second-order valence-corrected chi connectivity index (χ2v) is 6.00. The Labute approximate surface area is 164 Å². The number of hydrogen-bond acceptors (Lipinski definition) is 8. The number of nitrogens with zero attached hydrogens (tertiary/aromatic N) is 4. The van der Waals surface area contributed by atoms with Gasteiger partial charge in [0.05, 0.1) is 37.8 Å². The van der Waals surface area contributed by atoms with E-state index in [1.165, 1.54) is 5.01 Å². The van der Waals surface area contributed by atoms with Gasteiger partial charge in [-0.2, -0.15) is 10.4 Å². The fourth-order valence-corrected chi connectivity index (χ4v) is 2.45. The molecule has 148 valence electrons. The molecule has 2 atom stereocenters. The summed E-state index contributed by atoms with van der Waals surface area (Å²) in [5, 5.41) is 14.1. The lowest BCUT2D eigenvalue weighted by atomic mass is 10.2. The van der Waals surface area contributed by atoms with Gasteiger partial charge >= 0.3 is 0 Å². The molecule has 0 spiro atoms. The molecule has 1 aromatic heterocycles. The van der Waals surface area contributed by atoms with Crippen molar-refractivity contribution in [3.63, 3.8) is 0 Å². The van der Waals surface area contributed by atoms with Crippen molar-refractivity contribution in [1.82, 2.24) is 9.99 Å². The Kier molecular flexibility index (Phi) is 8.68. The van der Waals surface area contributed by atoms with E-state index in [0.29, 0.717) is 12.5 Å². The molecule has 2 aromatic rings. The molecular weight excluding hydrogens is 358 g/mol. The van der Waals surface area contributed by atoms with E-state index in [2.05, 4.69) is 16.2 Å².